The molecule has 0 radical (unpaired) electrons. The Morgan fingerprint density at radius 3 is 2.35 bits per heavy atom. The largest absolute Gasteiger partial charge is 0.502 e. The van der Waals surface area contributed by atoms with Gasteiger partial charge in [0, 0.05) is 24.2 Å². The standard InChI is InChI=1S/C14H18N2O3S/c1-9-8-20-13(16-9)7-15-6-10-4-11(18-2)14(17)12(5-10)19-3/h4-5,8,15,17H,6-7H2,1-3H3. The molecule has 2 N–H and O–H groups in total. The van der Waals surface area contributed by atoms with Crippen LogP contribution >= 0.6 is 11.3 Å². The van der Waals surface area contributed by atoms with E-state index in [9.17, 15) is 5.11 Å². The van der Waals surface area contributed by atoms with Crippen molar-refractivity contribution in [3.63, 3.8) is 0 Å². The van der Waals surface area contributed by atoms with E-state index >= 15 is 0 Å². The number of nitrogens with zero attached hydrogens (tertiary/aromatic N) is 1. The number of aryl methyl sites for hydroxylation is 1. The number of phenols is 1. The molecular formula is C14H18N2O3S. The topological polar surface area (TPSA) is 63.6 Å². The number of hydrogen-bond donors (Lipinski definition) is 2. The third-order valence-corrected chi connectivity index (χ3v) is 3.78. The van der Waals surface area contributed by atoms with Gasteiger partial charge in [-0.15, -0.1) is 11.3 Å². The Labute approximate surface area is 122 Å². The Hall–Kier alpha value is -1.79. The van der Waals surface area contributed by atoms with Crippen LogP contribution in [-0.4, -0.2) is 24.3 Å². The van der Waals surface area contributed by atoms with Gasteiger partial charge in [0.2, 0.25) is 5.75 Å². The Morgan fingerprint density at radius 1 is 1.20 bits per heavy atom. The van der Waals surface area contributed by atoms with Crippen LogP contribution in [0.1, 0.15) is 16.3 Å². The number of hydrogen-bond acceptors (Lipinski definition) is 6. The van der Waals surface area contributed by atoms with E-state index in [0.717, 1.165) is 16.3 Å². The van der Waals surface area contributed by atoms with Crippen molar-refractivity contribution in [1.29, 1.82) is 0 Å². The second kappa shape index (κ2) is 6.58. The van der Waals surface area contributed by atoms with Gasteiger partial charge < -0.3 is 19.9 Å². The molecule has 1 aromatic carbocycles. The molecular weight excluding hydrogens is 276 g/mol. The fourth-order valence-electron chi connectivity index (χ4n) is 1.85. The lowest BCUT2D eigenvalue weighted by Gasteiger charge is -2.11. The van der Waals surface area contributed by atoms with Gasteiger partial charge in [0.1, 0.15) is 5.01 Å². The number of methoxy groups -OCH3 is 2. The molecule has 0 bridgehead atoms. The molecule has 0 aliphatic carbocycles. The normalized spacial score (nSPS) is 10.6. The van der Waals surface area contributed by atoms with Crippen LogP contribution in [0.3, 0.4) is 0 Å². The zero-order valence-electron chi connectivity index (χ0n) is 11.8. The molecule has 0 saturated heterocycles. The van der Waals surface area contributed by atoms with Gasteiger partial charge in [-0.2, -0.15) is 0 Å². The number of phenolic OH excluding ortho intramolecular Hbond substituents is 1. The molecule has 0 fully saturated rings. The number of ether oxygens (including phenoxy) is 2. The SMILES string of the molecule is COc1cc(CNCc2nc(C)cs2)cc(OC)c1O. The van der Waals surface area contributed by atoms with Crippen LogP contribution in [-0.2, 0) is 13.1 Å². The molecule has 1 heterocycles. The highest BCUT2D eigenvalue weighted by molar-refractivity contribution is 7.09. The smallest absolute Gasteiger partial charge is 0.200 e. The molecule has 0 amide bonds. The second-order valence-corrected chi connectivity index (χ2v) is 5.28. The fourth-order valence-corrected chi connectivity index (χ4v) is 2.59. The first-order chi connectivity index (χ1) is 9.63. The summed E-state index contributed by atoms with van der Waals surface area (Å²) in [5.74, 6) is 0.840. The molecule has 108 valence electrons. The molecule has 0 spiro atoms. The molecule has 2 rings (SSSR count). The number of rotatable bonds is 6. The van der Waals surface area contributed by atoms with Gasteiger partial charge >= 0.3 is 0 Å². The van der Waals surface area contributed by atoms with Gasteiger partial charge in [-0.3, -0.25) is 0 Å². The number of nitrogens with one attached hydrogen (secondary N) is 1. The molecule has 2 aromatic rings. The van der Waals surface area contributed by atoms with Gasteiger partial charge in [0.05, 0.1) is 14.2 Å². The highest BCUT2D eigenvalue weighted by Crippen LogP contribution is 2.36. The summed E-state index contributed by atoms with van der Waals surface area (Å²) in [6.07, 6.45) is 0. The summed E-state index contributed by atoms with van der Waals surface area (Å²) in [7, 11) is 3.04. The predicted octanol–water partition coefficient (Wildman–Crippen LogP) is 2.46. The van der Waals surface area contributed by atoms with Gasteiger partial charge in [-0.1, -0.05) is 0 Å². The minimum absolute atomic E-state index is 0.0225. The summed E-state index contributed by atoms with van der Waals surface area (Å²) in [6, 6.07) is 3.58. The molecule has 0 unspecified atom stereocenters. The van der Waals surface area contributed by atoms with E-state index in [1.54, 1.807) is 23.5 Å². The summed E-state index contributed by atoms with van der Waals surface area (Å²) in [5, 5.41) is 16.2. The van der Waals surface area contributed by atoms with Crippen LogP contribution < -0.4 is 14.8 Å². The van der Waals surface area contributed by atoms with Crippen molar-refractivity contribution in [3.05, 3.63) is 33.8 Å². The molecule has 0 saturated carbocycles. The summed E-state index contributed by atoms with van der Waals surface area (Å²) in [6.45, 7) is 3.34. The Morgan fingerprint density at radius 2 is 1.85 bits per heavy atom. The number of aromatic nitrogens is 1. The first-order valence-electron chi connectivity index (χ1n) is 6.19. The number of thiazole rings is 1. The van der Waals surface area contributed by atoms with Crippen molar-refractivity contribution in [2.45, 2.75) is 20.0 Å². The summed E-state index contributed by atoms with van der Waals surface area (Å²) >= 11 is 1.64. The van der Waals surface area contributed by atoms with Crippen LogP contribution in [0.2, 0.25) is 0 Å². The Kier molecular flexibility index (Phi) is 4.81. The van der Waals surface area contributed by atoms with Crippen molar-refractivity contribution in [2.24, 2.45) is 0 Å². The molecule has 0 aliphatic heterocycles. The monoisotopic (exact) mass is 294 g/mol. The van der Waals surface area contributed by atoms with E-state index in [1.807, 2.05) is 12.3 Å². The Balaban J connectivity index is 2.02. The zero-order chi connectivity index (χ0) is 14.5. The number of aromatic hydroxyl groups is 1. The molecule has 5 nitrogen and oxygen atoms in total. The highest BCUT2D eigenvalue weighted by atomic mass is 32.1. The van der Waals surface area contributed by atoms with Crippen molar-refractivity contribution < 1.29 is 14.6 Å². The van der Waals surface area contributed by atoms with E-state index in [2.05, 4.69) is 10.3 Å². The van der Waals surface area contributed by atoms with Gasteiger partial charge in [-0.05, 0) is 24.6 Å². The van der Waals surface area contributed by atoms with Gasteiger partial charge in [-0.25, -0.2) is 4.98 Å². The fraction of sp³-hybridized carbons (Fsp3) is 0.357. The summed E-state index contributed by atoms with van der Waals surface area (Å²) < 4.78 is 10.3. The van der Waals surface area contributed by atoms with E-state index in [1.165, 1.54) is 14.2 Å². The van der Waals surface area contributed by atoms with Crippen LogP contribution in [0.25, 0.3) is 0 Å². The quantitative estimate of drug-likeness (QED) is 0.857. The lowest BCUT2D eigenvalue weighted by molar-refractivity contribution is 0.339. The third-order valence-electron chi connectivity index (χ3n) is 2.81. The summed E-state index contributed by atoms with van der Waals surface area (Å²) in [4.78, 5) is 4.39. The Bertz CT molecular complexity index is 559. The maximum atomic E-state index is 9.84. The zero-order valence-corrected chi connectivity index (χ0v) is 12.6. The minimum Gasteiger partial charge on any atom is -0.502 e. The van der Waals surface area contributed by atoms with Crippen molar-refractivity contribution in [1.82, 2.24) is 10.3 Å². The lowest BCUT2D eigenvalue weighted by atomic mass is 10.2. The first kappa shape index (κ1) is 14.6. The summed E-state index contributed by atoms with van der Waals surface area (Å²) in [5.41, 5.74) is 2.02. The van der Waals surface area contributed by atoms with Crippen LogP contribution in [0, 0.1) is 6.92 Å². The molecule has 0 aliphatic rings. The van der Waals surface area contributed by atoms with Crippen LogP contribution in [0.4, 0.5) is 0 Å². The van der Waals surface area contributed by atoms with E-state index in [4.69, 9.17) is 9.47 Å². The van der Waals surface area contributed by atoms with E-state index in [0.29, 0.717) is 24.6 Å². The van der Waals surface area contributed by atoms with Crippen LogP contribution in [0.15, 0.2) is 17.5 Å². The minimum atomic E-state index is 0.0225. The van der Waals surface area contributed by atoms with E-state index < -0.39 is 0 Å². The van der Waals surface area contributed by atoms with Crippen molar-refractivity contribution >= 4 is 11.3 Å². The molecule has 0 atom stereocenters. The average Bonchev–Trinajstić information content (AvgIpc) is 2.86. The maximum Gasteiger partial charge on any atom is 0.200 e. The maximum absolute atomic E-state index is 9.84. The molecule has 6 heteroatoms. The highest BCUT2D eigenvalue weighted by Gasteiger charge is 2.11. The molecule has 1 aromatic heterocycles. The van der Waals surface area contributed by atoms with Crippen molar-refractivity contribution in [2.75, 3.05) is 14.2 Å². The predicted molar refractivity (Wildman–Crippen MR) is 78.6 cm³/mol. The van der Waals surface area contributed by atoms with E-state index in [-0.39, 0.29) is 5.75 Å². The van der Waals surface area contributed by atoms with Gasteiger partial charge in [0.15, 0.2) is 11.5 Å². The van der Waals surface area contributed by atoms with Crippen molar-refractivity contribution in [3.8, 4) is 17.2 Å². The molecule has 20 heavy (non-hydrogen) atoms. The third kappa shape index (κ3) is 3.40. The van der Waals surface area contributed by atoms with Crippen LogP contribution in [0.5, 0.6) is 17.2 Å². The average molecular weight is 294 g/mol. The first-order valence-corrected chi connectivity index (χ1v) is 7.07. The lowest BCUT2D eigenvalue weighted by Crippen LogP contribution is -2.12. The van der Waals surface area contributed by atoms with Gasteiger partial charge in [0.25, 0.3) is 0 Å². The number of benzene rings is 1. The second-order valence-electron chi connectivity index (χ2n) is 4.34.